The molecule has 18 atom stereocenters. The van der Waals surface area contributed by atoms with E-state index in [0.29, 0.717) is 12.0 Å². The molecule has 3 aliphatic heterocycles. The lowest BCUT2D eigenvalue weighted by atomic mass is 9.77. The van der Waals surface area contributed by atoms with Crippen LogP contribution in [0.25, 0.3) is 0 Å². The Kier molecular flexibility index (Phi) is 19.5. The van der Waals surface area contributed by atoms with Crippen LogP contribution in [-0.4, -0.2) is 125 Å². The van der Waals surface area contributed by atoms with Gasteiger partial charge >= 0.3 is 12.1 Å². The highest BCUT2D eigenvalue weighted by molar-refractivity contribution is 5.87. The van der Waals surface area contributed by atoms with Crippen LogP contribution in [0.3, 0.4) is 0 Å². The van der Waals surface area contributed by atoms with Gasteiger partial charge in [-0.05, 0) is 46.1 Å². The smallest absolute Gasteiger partial charge is 0.404 e. The summed E-state index contributed by atoms with van der Waals surface area (Å²) in [6.45, 7) is 18.0. The van der Waals surface area contributed by atoms with Gasteiger partial charge in [0.1, 0.15) is 12.2 Å². The number of primary amides is 1. The van der Waals surface area contributed by atoms with Gasteiger partial charge in [-0.3, -0.25) is 0 Å². The lowest BCUT2D eigenvalue weighted by Gasteiger charge is -2.49. The van der Waals surface area contributed by atoms with Crippen LogP contribution in [0.4, 0.5) is 4.79 Å². The molecule has 0 aliphatic carbocycles. The predicted octanol–water partition coefficient (Wildman–Crippen LogP) is 4.59. The van der Waals surface area contributed by atoms with Crippen molar-refractivity contribution in [2.75, 3.05) is 14.2 Å². The van der Waals surface area contributed by atoms with E-state index in [1.54, 1.807) is 58.1 Å². The van der Waals surface area contributed by atoms with Crippen LogP contribution in [-0.2, 0) is 38.0 Å². The molecule has 3 aliphatic rings. The molecule has 15 nitrogen and oxygen atoms in total. The molecule has 0 saturated carbocycles. The fraction of sp³-hybridized carbons (Fsp3) is 0.733. The zero-order valence-electron chi connectivity index (χ0n) is 37.5. The summed E-state index contributed by atoms with van der Waals surface area (Å²) in [6, 6.07) is 0. The van der Waals surface area contributed by atoms with Crippen LogP contribution < -0.4 is 5.73 Å². The Bertz CT molecular complexity index is 1550. The SMILES string of the molecule is C/C=C/[C@H]1O[C@@](O)([C@@H](C)[C@H](O)[C@H](C)[C@H]2OC(=O)/C(OC)=C/C(C)=C/[C@@H](C)[C@@H](O)[C@@H](C)[C@@H](O)[C@H](C)C/C(C)=C/C=C/[C@@H]2OC)C[C@@H](O[C@@H]2C[C@H](O)[C@@H](OC(N)=O)[C@H](C)O2)[C@@H]1C. The Morgan fingerprint density at radius 2 is 1.72 bits per heavy atom. The molecule has 0 unspecified atom stereocenters. The van der Waals surface area contributed by atoms with Crippen LogP contribution in [0, 0.1) is 35.5 Å². The average Bonchev–Trinajstić information content (AvgIpc) is 3.18. The molecule has 342 valence electrons. The number of hydrogen-bond donors (Lipinski definition) is 6. The van der Waals surface area contributed by atoms with Crippen molar-refractivity contribution in [1.29, 1.82) is 0 Å². The maximum atomic E-state index is 13.9. The highest BCUT2D eigenvalue weighted by atomic mass is 16.7. The van der Waals surface area contributed by atoms with E-state index >= 15 is 0 Å². The largest absolute Gasteiger partial charge is 0.490 e. The second kappa shape index (κ2) is 22.8. The van der Waals surface area contributed by atoms with Gasteiger partial charge in [0.2, 0.25) is 5.76 Å². The monoisotopic (exact) mass is 852 g/mol. The van der Waals surface area contributed by atoms with Crippen LogP contribution in [0.15, 0.2) is 59.4 Å². The predicted molar refractivity (Wildman–Crippen MR) is 224 cm³/mol. The molecule has 15 heteroatoms. The number of hydrogen-bond acceptors (Lipinski definition) is 14. The summed E-state index contributed by atoms with van der Waals surface area (Å²) in [5.41, 5.74) is 6.76. The topological polar surface area (TPSA) is 226 Å². The Labute approximate surface area is 356 Å². The molecule has 1 amide bonds. The second-order valence-corrected chi connectivity index (χ2v) is 17.3. The summed E-state index contributed by atoms with van der Waals surface area (Å²) in [6.07, 6.45) is 1.54. The minimum atomic E-state index is -1.97. The molecule has 0 spiro atoms. The van der Waals surface area contributed by atoms with Crippen molar-refractivity contribution in [1.82, 2.24) is 0 Å². The number of ether oxygens (including phenoxy) is 7. The van der Waals surface area contributed by atoms with Crippen molar-refractivity contribution in [3.63, 3.8) is 0 Å². The van der Waals surface area contributed by atoms with Gasteiger partial charge in [-0.15, -0.1) is 0 Å². The number of carbonyl (C=O) groups is 2. The van der Waals surface area contributed by atoms with Crippen LogP contribution in [0.5, 0.6) is 0 Å². The Morgan fingerprint density at radius 1 is 1.05 bits per heavy atom. The third-order valence-electron chi connectivity index (χ3n) is 12.5. The maximum Gasteiger partial charge on any atom is 0.404 e. The molecule has 0 aromatic heterocycles. The van der Waals surface area contributed by atoms with Gasteiger partial charge in [0.05, 0.1) is 49.8 Å². The Balaban J connectivity index is 1.99. The van der Waals surface area contributed by atoms with Gasteiger partial charge in [-0.1, -0.05) is 89.1 Å². The van der Waals surface area contributed by atoms with Gasteiger partial charge in [0.25, 0.3) is 0 Å². The second-order valence-electron chi connectivity index (χ2n) is 17.3. The first-order valence-corrected chi connectivity index (χ1v) is 21.1. The number of amides is 1. The van der Waals surface area contributed by atoms with Crippen molar-refractivity contribution < 1.29 is 68.3 Å². The Morgan fingerprint density at radius 3 is 2.30 bits per heavy atom. The van der Waals surface area contributed by atoms with Crippen molar-refractivity contribution in [2.45, 2.75) is 162 Å². The van der Waals surface area contributed by atoms with Gasteiger partial charge in [0.15, 0.2) is 18.2 Å². The van der Waals surface area contributed by atoms with E-state index in [0.717, 1.165) is 5.57 Å². The van der Waals surface area contributed by atoms with Crippen molar-refractivity contribution in [3.05, 3.63) is 59.4 Å². The van der Waals surface area contributed by atoms with E-state index in [1.807, 2.05) is 47.6 Å². The molecule has 3 heterocycles. The number of allylic oxidation sites excluding steroid dienone is 6. The molecular formula is C45H73NO14. The summed E-state index contributed by atoms with van der Waals surface area (Å²) in [5, 5.41) is 57.6. The Hall–Kier alpha value is -3.12. The van der Waals surface area contributed by atoms with E-state index in [9.17, 15) is 35.1 Å². The zero-order valence-corrected chi connectivity index (χ0v) is 37.5. The first-order valence-electron chi connectivity index (χ1n) is 21.1. The van der Waals surface area contributed by atoms with Crippen LogP contribution >= 0.6 is 0 Å². The number of carbonyl (C=O) groups excluding carboxylic acids is 2. The molecule has 2 fully saturated rings. The van der Waals surface area contributed by atoms with Gasteiger partial charge in [-0.25, -0.2) is 9.59 Å². The fourth-order valence-electron chi connectivity index (χ4n) is 8.64. The molecule has 0 radical (unpaired) electrons. The number of aliphatic hydroxyl groups excluding tert-OH is 4. The molecular weight excluding hydrogens is 778 g/mol. The minimum Gasteiger partial charge on any atom is -0.490 e. The van der Waals surface area contributed by atoms with Crippen molar-refractivity contribution in [3.8, 4) is 0 Å². The number of esters is 1. The van der Waals surface area contributed by atoms with Gasteiger partial charge in [0, 0.05) is 49.5 Å². The van der Waals surface area contributed by atoms with Crippen molar-refractivity contribution >= 4 is 12.1 Å². The standard InChI is InChI=1S/C45H73NO14/c1-13-15-33-27(6)36(57-37-21-32(47)42(31(10)56-37)59-44(46)52)22-45(53,60-33)30(9)40(50)29(8)41-34(54-11)17-14-16-23(2)18-25(4)38(48)28(7)39(49)26(5)19-24(3)20-35(55-12)43(51)58-41/h13-17,19-20,25-34,36-42,47-50,53H,18,21-22H2,1-12H3,(H2,46,52)/b15-13+,17-14+,23-16+,24-19+,35-20-/t25-,26-,27-,28+,29+,30+,31+,32+,33-,34+,36-,37-,38+,39-,40-,41-,42+,45-/m1/s1. The minimum absolute atomic E-state index is 0.0314. The number of methoxy groups -OCH3 is 2. The molecule has 7 N–H and O–H groups in total. The van der Waals surface area contributed by atoms with E-state index < -0.39 is 103 Å². The lowest BCUT2D eigenvalue weighted by Crippen LogP contribution is -2.59. The summed E-state index contributed by atoms with van der Waals surface area (Å²) in [4.78, 5) is 25.3. The van der Waals surface area contributed by atoms with Crippen LogP contribution in [0.2, 0.25) is 0 Å². The summed E-state index contributed by atoms with van der Waals surface area (Å²) in [7, 11) is 2.80. The average molecular weight is 852 g/mol. The molecule has 0 bridgehead atoms. The number of nitrogens with two attached hydrogens (primary N) is 1. The quantitative estimate of drug-likeness (QED) is 0.131. The number of aliphatic hydroxyl groups is 5. The first-order chi connectivity index (χ1) is 28.1. The van der Waals surface area contributed by atoms with E-state index in [4.69, 9.17) is 38.9 Å². The van der Waals surface area contributed by atoms with Crippen LogP contribution in [0.1, 0.15) is 88.5 Å². The van der Waals surface area contributed by atoms with E-state index in [-0.39, 0.29) is 36.4 Å². The number of rotatable bonds is 10. The molecule has 2 saturated heterocycles. The zero-order chi connectivity index (χ0) is 45.2. The first kappa shape index (κ1) is 51.2. The fourth-order valence-corrected chi connectivity index (χ4v) is 8.64. The van der Waals surface area contributed by atoms with E-state index in [1.165, 1.54) is 20.3 Å². The summed E-state index contributed by atoms with van der Waals surface area (Å²) < 4.78 is 41.3. The maximum absolute atomic E-state index is 13.9. The third kappa shape index (κ3) is 13.2. The highest BCUT2D eigenvalue weighted by Gasteiger charge is 2.52. The highest BCUT2D eigenvalue weighted by Crippen LogP contribution is 2.42. The van der Waals surface area contributed by atoms with Gasteiger partial charge in [-0.2, -0.15) is 0 Å². The third-order valence-corrected chi connectivity index (χ3v) is 12.5. The number of cyclic esters (lactones) is 1. The van der Waals surface area contributed by atoms with E-state index in [2.05, 4.69) is 0 Å². The molecule has 0 aromatic rings. The van der Waals surface area contributed by atoms with Crippen molar-refractivity contribution in [2.24, 2.45) is 41.2 Å². The van der Waals surface area contributed by atoms with Gasteiger partial charge < -0.3 is 64.4 Å². The lowest BCUT2D eigenvalue weighted by molar-refractivity contribution is -0.338. The molecule has 60 heavy (non-hydrogen) atoms. The molecule has 3 rings (SSSR count). The summed E-state index contributed by atoms with van der Waals surface area (Å²) in [5.74, 6) is -6.06. The summed E-state index contributed by atoms with van der Waals surface area (Å²) >= 11 is 0. The molecule has 0 aromatic carbocycles. The normalized spacial score (nSPS) is 42.7.